The third kappa shape index (κ3) is 3.47. The van der Waals surface area contributed by atoms with Gasteiger partial charge in [0.2, 0.25) is 0 Å². The predicted molar refractivity (Wildman–Crippen MR) is 74.9 cm³/mol. The molecule has 1 aromatic carbocycles. The SMILES string of the molecule is CCNCc1ccc(OC)c(CN(C)C2CC2)c1. The average Bonchev–Trinajstić information content (AvgIpc) is 3.20. The van der Waals surface area contributed by atoms with Crippen LogP contribution in [-0.2, 0) is 13.1 Å². The van der Waals surface area contributed by atoms with Gasteiger partial charge in [0.15, 0.2) is 0 Å². The van der Waals surface area contributed by atoms with Crippen molar-refractivity contribution in [3.8, 4) is 5.75 Å². The van der Waals surface area contributed by atoms with Crippen molar-refractivity contribution < 1.29 is 4.74 Å². The van der Waals surface area contributed by atoms with Crippen LogP contribution in [0.25, 0.3) is 0 Å². The molecule has 100 valence electrons. The lowest BCUT2D eigenvalue weighted by atomic mass is 10.1. The van der Waals surface area contributed by atoms with E-state index < -0.39 is 0 Å². The van der Waals surface area contributed by atoms with Gasteiger partial charge in [-0.3, -0.25) is 4.90 Å². The molecule has 0 heterocycles. The molecule has 0 amide bonds. The van der Waals surface area contributed by atoms with Crippen molar-refractivity contribution >= 4 is 0 Å². The summed E-state index contributed by atoms with van der Waals surface area (Å²) in [7, 11) is 3.95. The highest BCUT2D eigenvalue weighted by atomic mass is 16.5. The van der Waals surface area contributed by atoms with Gasteiger partial charge in [0.05, 0.1) is 7.11 Å². The molecule has 3 nitrogen and oxygen atoms in total. The number of ether oxygens (including phenoxy) is 1. The zero-order valence-corrected chi connectivity index (χ0v) is 11.7. The fourth-order valence-electron chi connectivity index (χ4n) is 2.25. The summed E-state index contributed by atoms with van der Waals surface area (Å²) >= 11 is 0. The quantitative estimate of drug-likeness (QED) is 0.802. The number of nitrogens with zero attached hydrogens (tertiary/aromatic N) is 1. The molecule has 0 saturated heterocycles. The zero-order valence-electron chi connectivity index (χ0n) is 11.7. The fraction of sp³-hybridized carbons (Fsp3) is 0.600. The number of rotatable bonds is 7. The Morgan fingerprint density at radius 1 is 1.39 bits per heavy atom. The normalized spacial score (nSPS) is 15.1. The highest BCUT2D eigenvalue weighted by molar-refractivity contribution is 5.37. The van der Waals surface area contributed by atoms with Gasteiger partial charge in [-0.1, -0.05) is 13.0 Å². The number of hydrogen-bond donors (Lipinski definition) is 1. The van der Waals surface area contributed by atoms with E-state index in [9.17, 15) is 0 Å². The predicted octanol–water partition coefficient (Wildman–Crippen LogP) is 2.40. The van der Waals surface area contributed by atoms with Crippen LogP contribution < -0.4 is 10.1 Å². The molecular weight excluding hydrogens is 224 g/mol. The molecule has 1 N–H and O–H groups in total. The molecule has 18 heavy (non-hydrogen) atoms. The highest BCUT2D eigenvalue weighted by Crippen LogP contribution is 2.29. The summed E-state index contributed by atoms with van der Waals surface area (Å²) in [6, 6.07) is 7.28. The van der Waals surface area contributed by atoms with Crippen LogP contribution >= 0.6 is 0 Å². The van der Waals surface area contributed by atoms with E-state index in [-0.39, 0.29) is 0 Å². The monoisotopic (exact) mass is 248 g/mol. The first-order chi connectivity index (χ1) is 8.74. The molecule has 3 heteroatoms. The Labute approximate surface area is 110 Å². The molecule has 0 aromatic heterocycles. The summed E-state index contributed by atoms with van der Waals surface area (Å²) in [6.07, 6.45) is 2.69. The van der Waals surface area contributed by atoms with Crippen molar-refractivity contribution in [1.82, 2.24) is 10.2 Å². The molecule has 0 radical (unpaired) electrons. The van der Waals surface area contributed by atoms with Gasteiger partial charge in [0.1, 0.15) is 5.75 Å². The first-order valence-electron chi connectivity index (χ1n) is 6.81. The van der Waals surface area contributed by atoms with E-state index in [1.807, 2.05) is 0 Å². The Kier molecular flexibility index (Phi) is 4.61. The minimum absolute atomic E-state index is 0.784. The lowest BCUT2D eigenvalue weighted by molar-refractivity contribution is 0.307. The number of nitrogens with one attached hydrogen (secondary N) is 1. The van der Waals surface area contributed by atoms with Gasteiger partial charge in [0.25, 0.3) is 0 Å². The summed E-state index contributed by atoms with van der Waals surface area (Å²) in [5.41, 5.74) is 2.62. The molecule has 1 aliphatic rings. The zero-order chi connectivity index (χ0) is 13.0. The van der Waals surface area contributed by atoms with Crippen LogP contribution in [0.1, 0.15) is 30.9 Å². The molecule has 1 aliphatic carbocycles. The minimum Gasteiger partial charge on any atom is -0.496 e. The maximum Gasteiger partial charge on any atom is 0.123 e. The number of hydrogen-bond acceptors (Lipinski definition) is 3. The standard InChI is InChI=1S/C15H24N2O/c1-4-16-10-12-5-8-15(18-3)13(9-12)11-17(2)14-6-7-14/h5,8-9,14,16H,4,6-7,10-11H2,1-3H3. The summed E-state index contributed by atoms with van der Waals surface area (Å²) in [6.45, 7) is 5.04. The first-order valence-corrected chi connectivity index (χ1v) is 6.81. The average molecular weight is 248 g/mol. The lowest BCUT2D eigenvalue weighted by Crippen LogP contribution is -2.20. The summed E-state index contributed by atoms with van der Waals surface area (Å²) in [5.74, 6) is 1.00. The summed E-state index contributed by atoms with van der Waals surface area (Å²) < 4.78 is 5.46. The van der Waals surface area contributed by atoms with E-state index in [1.165, 1.54) is 24.0 Å². The maximum absolute atomic E-state index is 5.46. The Balaban J connectivity index is 2.08. The van der Waals surface area contributed by atoms with Crippen LogP contribution in [0, 0.1) is 0 Å². The van der Waals surface area contributed by atoms with Gasteiger partial charge in [-0.15, -0.1) is 0 Å². The molecule has 1 fully saturated rings. The van der Waals surface area contributed by atoms with Crippen molar-refractivity contribution in [3.05, 3.63) is 29.3 Å². The van der Waals surface area contributed by atoms with Gasteiger partial charge in [-0.05, 0) is 44.1 Å². The van der Waals surface area contributed by atoms with E-state index in [0.717, 1.165) is 31.4 Å². The molecule has 1 aromatic rings. The molecule has 2 rings (SSSR count). The van der Waals surface area contributed by atoms with Crippen molar-refractivity contribution in [2.45, 2.75) is 38.9 Å². The van der Waals surface area contributed by atoms with E-state index in [2.05, 4.69) is 42.4 Å². The fourth-order valence-corrected chi connectivity index (χ4v) is 2.25. The smallest absolute Gasteiger partial charge is 0.123 e. The topological polar surface area (TPSA) is 24.5 Å². The molecule has 1 saturated carbocycles. The molecule has 0 atom stereocenters. The second kappa shape index (κ2) is 6.21. The van der Waals surface area contributed by atoms with Crippen molar-refractivity contribution in [3.63, 3.8) is 0 Å². The van der Waals surface area contributed by atoms with Crippen molar-refractivity contribution in [1.29, 1.82) is 0 Å². The van der Waals surface area contributed by atoms with Crippen LogP contribution in [0.2, 0.25) is 0 Å². The summed E-state index contributed by atoms with van der Waals surface area (Å²) in [4.78, 5) is 2.43. The van der Waals surface area contributed by atoms with Crippen LogP contribution in [-0.4, -0.2) is 31.6 Å². The van der Waals surface area contributed by atoms with Gasteiger partial charge < -0.3 is 10.1 Å². The van der Waals surface area contributed by atoms with Gasteiger partial charge in [0, 0.05) is 24.7 Å². The summed E-state index contributed by atoms with van der Waals surface area (Å²) in [5, 5.41) is 3.36. The second-order valence-electron chi connectivity index (χ2n) is 5.07. The van der Waals surface area contributed by atoms with E-state index in [4.69, 9.17) is 4.74 Å². The molecule has 0 bridgehead atoms. The minimum atomic E-state index is 0.784. The van der Waals surface area contributed by atoms with Crippen molar-refractivity contribution in [2.75, 3.05) is 20.7 Å². The van der Waals surface area contributed by atoms with Crippen LogP contribution in [0.15, 0.2) is 18.2 Å². The van der Waals surface area contributed by atoms with Crippen LogP contribution in [0.4, 0.5) is 0 Å². The molecule has 0 spiro atoms. The van der Waals surface area contributed by atoms with Crippen molar-refractivity contribution in [2.24, 2.45) is 0 Å². The van der Waals surface area contributed by atoms with Gasteiger partial charge in [-0.25, -0.2) is 0 Å². The second-order valence-corrected chi connectivity index (χ2v) is 5.07. The lowest BCUT2D eigenvalue weighted by Gasteiger charge is -2.18. The first kappa shape index (κ1) is 13.4. The van der Waals surface area contributed by atoms with E-state index in [1.54, 1.807) is 7.11 Å². The highest BCUT2D eigenvalue weighted by Gasteiger charge is 2.26. The number of methoxy groups -OCH3 is 1. The van der Waals surface area contributed by atoms with E-state index in [0.29, 0.717) is 0 Å². The third-order valence-electron chi connectivity index (χ3n) is 3.51. The maximum atomic E-state index is 5.46. The number of benzene rings is 1. The van der Waals surface area contributed by atoms with E-state index >= 15 is 0 Å². The third-order valence-corrected chi connectivity index (χ3v) is 3.51. The van der Waals surface area contributed by atoms with Gasteiger partial charge >= 0.3 is 0 Å². The molecule has 0 unspecified atom stereocenters. The van der Waals surface area contributed by atoms with Gasteiger partial charge in [-0.2, -0.15) is 0 Å². The molecular formula is C15H24N2O. The van der Waals surface area contributed by atoms with Crippen LogP contribution in [0.3, 0.4) is 0 Å². The van der Waals surface area contributed by atoms with Crippen LogP contribution in [0.5, 0.6) is 5.75 Å². The Morgan fingerprint density at radius 2 is 2.17 bits per heavy atom. The largest absolute Gasteiger partial charge is 0.496 e. The Hall–Kier alpha value is -1.06. The Morgan fingerprint density at radius 3 is 2.78 bits per heavy atom. The Bertz CT molecular complexity index is 388. The molecule has 0 aliphatic heterocycles.